The van der Waals surface area contributed by atoms with Crippen LogP contribution in [0.25, 0.3) is 11.2 Å². The minimum Gasteiger partial charge on any atom is -0.467 e. The first-order chi connectivity index (χ1) is 13.9. The molecule has 3 N–H and O–H groups in total. The molecule has 0 saturated carbocycles. The Morgan fingerprint density at radius 2 is 2.03 bits per heavy atom. The average molecular weight is 403 g/mol. The summed E-state index contributed by atoms with van der Waals surface area (Å²) in [6, 6.07) is 0. The number of imidazole rings is 1. The van der Waals surface area contributed by atoms with Gasteiger partial charge in [-0.05, 0) is 26.0 Å². The lowest BCUT2D eigenvalue weighted by molar-refractivity contribution is -0.145. The second-order valence-electron chi connectivity index (χ2n) is 6.02. The van der Waals surface area contributed by atoms with E-state index in [1.807, 2.05) is 0 Å². The molecular formula is C18H21N5O6. The van der Waals surface area contributed by atoms with Crippen LogP contribution in [-0.2, 0) is 23.8 Å². The number of esters is 2. The Hall–Kier alpha value is -3.47. The number of hydrogen-bond acceptors (Lipinski definition) is 10. The van der Waals surface area contributed by atoms with Crippen LogP contribution in [0.5, 0.6) is 0 Å². The van der Waals surface area contributed by atoms with E-state index in [0.717, 1.165) is 0 Å². The lowest BCUT2D eigenvalue weighted by Gasteiger charge is -2.17. The third-order valence-corrected chi connectivity index (χ3v) is 4.04. The van der Waals surface area contributed by atoms with Crippen LogP contribution in [0.3, 0.4) is 0 Å². The van der Waals surface area contributed by atoms with Crippen molar-refractivity contribution in [3.05, 3.63) is 36.1 Å². The number of anilines is 1. The maximum Gasteiger partial charge on any atom is 0.334 e. The summed E-state index contributed by atoms with van der Waals surface area (Å²) in [6.07, 6.45) is 3.24. The first kappa shape index (κ1) is 20.3. The molecule has 154 valence electrons. The van der Waals surface area contributed by atoms with Crippen LogP contribution in [-0.4, -0.2) is 55.9 Å². The maximum atomic E-state index is 12.2. The van der Waals surface area contributed by atoms with Crippen LogP contribution < -0.4 is 5.73 Å². The molecule has 3 heterocycles. The maximum absolute atomic E-state index is 12.2. The zero-order valence-electron chi connectivity index (χ0n) is 15.9. The topological polar surface area (TPSA) is 152 Å². The van der Waals surface area contributed by atoms with Gasteiger partial charge in [0.05, 0.1) is 25.2 Å². The summed E-state index contributed by atoms with van der Waals surface area (Å²) in [5, 5.41) is 10.4. The van der Waals surface area contributed by atoms with E-state index < -0.39 is 24.3 Å². The van der Waals surface area contributed by atoms with Crippen molar-refractivity contribution in [3.63, 3.8) is 0 Å². The Balaban J connectivity index is 1.84. The highest BCUT2D eigenvalue weighted by Crippen LogP contribution is 2.31. The van der Waals surface area contributed by atoms with Crippen molar-refractivity contribution in [2.45, 2.75) is 32.6 Å². The van der Waals surface area contributed by atoms with Crippen LogP contribution in [0.1, 0.15) is 26.5 Å². The Morgan fingerprint density at radius 3 is 2.76 bits per heavy atom. The summed E-state index contributed by atoms with van der Waals surface area (Å²) in [5.41, 5.74) is 6.59. The van der Waals surface area contributed by atoms with Crippen LogP contribution in [0.4, 0.5) is 5.82 Å². The summed E-state index contributed by atoms with van der Waals surface area (Å²) >= 11 is 0. The fraction of sp³-hybridized carbons (Fsp3) is 0.389. The minimum atomic E-state index is -1.05. The van der Waals surface area contributed by atoms with Crippen molar-refractivity contribution in [3.8, 4) is 0 Å². The second-order valence-corrected chi connectivity index (χ2v) is 6.02. The number of carbonyl (C=O) groups is 2. The van der Waals surface area contributed by atoms with Crippen LogP contribution in [0.2, 0.25) is 0 Å². The number of nitrogens with zero attached hydrogens (tertiary/aromatic N) is 4. The predicted octanol–water partition coefficient (Wildman–Crippen LogP) is 0.625. The van der Waals surface area contributed by atoms with E-state index in [9.17, 15) is 14.7 Å². The van der Waals surface area contributed by atoms with Gasteiger partial charge in [-0.15, -0.1) is 0 Å². The second kappa shape index (κ2) is 8.69. The molecule has 0 aromatic carbocycles. The molecule has 0 saturated heterocycles. The predicted molar refractivity (Wildman–Crippen MR) is 99.9 cm³/mol. The van der Waals surface area contributed by atoms with E-state index >= 15 is 0 Å². The summed E-state index contributed by atoms with van der Waals surface area (Å²) in [6.45, 7) is 3.66. The molecule has 0 spiro atoms. The van der Waals surface area contributed by atoms with Gasteiger partial charge in [0.15, 0.2) is 11.5 Å². The third kappa shape index (κ3) is 4.35. The van der Waals surface area contributed by atoms with E-state index in [1.165, 1.54) is 29.4 Å². The molecule has 2 atom stereocenters. The number of aromatic nitrogens is 4. The molecule has 0 fully saturated rings. The number of aliphatic hydroxyl groups is 1. The van der Waals surface area contributed by atoms with Gasteiger partial charge in [-0.3, -0.25) is 9.36 Å². The summed E-state index contributed by atoms with van der Waals surface area (Å²) in [4.78, 5) is 36.1. The van der Waals surface area contributed by atoms with Crippen molar-refractivity contribution in [2.24, 2.45) is 0 Å². The van der Waals surface area contributed by atoms with Gasteiger partial charge in [-0.2, -0.15) is 0 Å². The van der Waals surface area contributed by atoms with E-state index in [4.69, 9.17) is 19.9 Å². The van der Waals surface area contributed by atoms with E-state index in [-0.39, 0.29) is 36.8 Å². The lowest BCUT2D eigenvalue weighted by Crippen LogP contribution is -2.19. The molecule has 29 heavy (non-hydrogen) atoms. The highest BCUT2D eigenvalue weighted by molar-refractivity contribution is 5.94. The van der Waals surface area contributed by atoms with E-state index in [0.29, 0.717) is 11.2 Å². The highest BCUT2D eigenvalue weighted by Gasteiger charge is 2.31. The molecule has 0 aliphatic carbocycles. The van der Waals surface area contributed by atoms with Crippen molar-refractivity contribution in [1.82, 2.24) is 19.5 Å². The van der Waals surface area contributed by atoms with Crippen molar-refractivity contribution >= 4 is 28.9 Å². The Labute approximate surface area is 165 Å². The number of aliphatic hydroxyl groups excluding tert-OH is 1. The van der Waals surface area contributed by atoms with Gasteiger partial charge in [0.2, 0.25) is 6.23 Å². The van der Waals surface area contributed by atoms with Gasteiger partial charge in [0, 0.05) is 0 Å². The number of ether oxygens (including phenoxy) is 3. The third-order valence-electron chi connectivity index (χ3n) is 4.04. The van der Waals surface area contributed by atoms with Crippen LogP contribution in [0.15, 0.2) is 36.1 Å². The fourth-order valence-electron chi connectivity index (χ4n) is 2.80. The zero-order chi connectivity index (χ0) is 21.0. The van der Waals surface area contributed by atoms with Gasteiger partial charge in [0.1, 0.15) is 30.0 Å². The summed E-state index contributed by atoms with van der Waals surface area (Å²) in [5.74, 6) is -0.848. The summed E-state index contributed by atoms with van der Waals surface area (Å²) in [7, 11) is 0. The Kier molecular flexibility index (Phi) is 6.07. The van der Waals surface area contributed by atoms with Crippen molar-refractivity contribution in [1.29, 1.82) is 0 Å². The van der Waals surface area contributed by atoms with Crippen molar-refractivity contribution in [2.75, 3.05) is 18.9 Å². The number of fused-ring (bicyclic) bond motifs is 1. The number of hydrogen-bond donors (Lipinski definition) is 2. The molecule has 3 rings (SSSR count). The van der Waals surface area contributed by atoms with E-state index in [2.05, 4.69) is 15.0 Å². The van der Waals surface area contributed by atoms with Gasteiger partial charge in [-0.25, -0.2) is 19.7 Å². The first-order valence-corrected chi connectivity index (χ1v) is 8.97. The standard InChI is InChI=1S/C18H21N5O6/c1-3-27-13(25)6-10(18(26)28-4-2)5-11-7-12(24)17(29-11)23-9-22-14-15(19)20-8-21-16(14)23/h5,7-9,12,17,24H,3-4,6H2,1-2H3,(H2,19,20,21)/b10-5+/t12-,17-/m1/s1. The largest absolute Gasteiger partial charge is 0.467 e. The molecule has 11 heteroatoms. The molecule has 0 amide bonds. The van der Waals surface area contributed by atoms with Gasteiger partial charge in [0.25, 0.3) is 0 Å². The average Bonchev–Trinajstić information content (AvgIpc) is 3.25. The van der Waals surface area contributed by atoms with Crippen LogP contribution in [0, 0.1) is 0 Å². The molecule has 1 aliphatic rings. The van der Waals surface area contributed by atoms with Gasteiger partial charge >= 0.3 is 11.9 Å². The number of nitrogens with two attached hydrogens (primary N) is 1. The molecule has 2 aromatic heterocycles. The molecule has 11 nitrogen and oxygen atoms in total. The number of carbonyl (C=O) groups excluding carboxylic acids is 2. The van der Waals surface area contributed by atoms with Crippen LogP contribution >= 0.6 is 0 Å². The van der Waals surface area contributed by atoms with E-state index in [1.54, 1.807) is 13.8 Å². The fourth-order valence-corrected chi connectivity index (χ4v) is 2.80. The molecular weight excluding hydrogens is 382 g/mol. The Bertz CT molecular complexity index is 982. The lowest BCUT2D eigenvalue weighted by atomic mass is 10.1. The molecule has 1 aliphatic heterocycles. The number of allylic oxidation sites excluding steroid dienone is 1. The summed E-state index contributed by atoms with van der Waals surface area (Å²) < 4.78 is 17.1. The monoisotopic (exact) mass is 403 g/mol. The SMILES string of the molecule is CCOC(=O)C/C(=C\C1=C[C@@H](O)[C@H](n2cnc3c(N)ncnc32)O1)C(=O)OCC. The van der Waals surface area contributed by atoms with Gasteiger partial charge in [-0.1, -0.05) is 0 Å². The quantitative estimate of drug-likeness (QED) is 0.497. The minimum absolute atomic E-state index is 0.0476. The molecule has 0 radical (unpaired) electrons. The molecule has 2 aromatic rings. The molecule has 0 unspecified atom stereocenters. The van der Waals surface area contributed by atoms with Gasteiger partial charge < -0.3 is 25.1 Å². The number of nitrogen functional groups attached to an aromatic ring is 1. The van der Waals surface area contributed by atoms with Crippen molar-refractivity contribution < 1.29 is 28.9 Å². The Morgan fingerprint density at radius 1 is 1.28 bits per heavy atom. The molecule has 0 bridgehead atoms. The number of rotatable bonds is 7. The zero-order valence-corrected chi connectivity index (χ0v) is 15.9. The highest BCUT2D eigenvalue weighted by atomic mass is 16.5. The normalized spacial score (nSPS) is 19.0. The first-order valence-electron chi connectivity index (χ1n) is 8.97. The smallest absolute Gasteiger partial charge is 0.334 e.